The first kappa shape index (κ1) is 20.0. The first-order valence-electron chi connectivity index (χ1n) is 9.37. The van der Waals surface area contributed by atoms with Gasteiger partial charge in [-0.05, 0) is 40.1 Å². The maximum Gasteiger partial charge on any atom is 0.196 e. The molecule has 0 aliphatic heterocycles. The molecule has 0 saturated heterocycles. The lowest BCUT2D eigenvalue weighted by Gasteiger charge is -2.21. The fourth-order valence-electron chi connectivity index (χ4n) is 2.62. The van der Waals surface area contributed by atoms with Gasteiger partial charge in [0, 0.05) is 11.4 Å². The third-order valence-electron chi connectivity index (χ3n) is 4.12. The predicted molar refractivity (Wildman–Crippen MR) is 120 cm³/mol. The van der Waals surface area contributed by atoms with Crippen LogP contribution in [0.3, 0.4) is 0 Å². The lowest BCUT2D eigenvalue weighted by molar-refractivity contribution is 0.408. The van der Waals surface area contributed by atoms with E-state index in [1.165, 1.54) is 4.88 Å². The summed E-state index contributed by atoms with van der Waals surface area (Å²) in [5.74, 6) is 0.852. The number of phenolic OH excluding ortho intramolecular Hbond substituents is 1. The number of anilines is 1. The van der Waals surface area contributed by atoms with Gasteiger partial charge in [-0.3, -0.25) is 0 Å². The number of hydrogen-bond acceptors (Lipinski definition) is 3. The van der Waals surface area contributed by atoms with Crippen LogP contribution in [0.1, 0.15) is 25.6 Å². The van der Waals surface area contributed by atoms with E-state index in [0.717, 1.165) is 17.7 Å². The molecule has 0 aliphatic rings. The zero-order chi connectivity index (χ0) is 20.0. The van der Waals surface area contributed by atoms with Crippen LogP contribution in [0.15, 0.2) is 71.0 Å². The topological polar surface area (TPSA) is 56.7 Å². The number of phenols is 1. The third kappa shape index (κ3) is 5.86. The van der Waals surface area contributed by atoms with Gasteiger partial charge in [-0.15, -0.1) is 11.3 Å². The van der Waals surface area contributed by atoms with Crippen LogP contribution in [0.25, 0.3) is 11.1 Å². The number of aromatic hydroxyl groups is 1. The summed E-state index contributed by atoms with van der Waals surface area (Å²) in [6.45, 7) is 7.87. The fraction of sp³-hybridized carbons (Fsp3) is 0.261. The molecule has 0 unspecified atom stereocenters. The summed E-state index contributed by atoms with van der Waals surface area (Å²) in [5, 5.41) is 19.1. The molecule has 0 atom stereocenters. The molecule has 3 rings (SSSR count). The van der Waals surface area contributed by atoms with Crippen LogP contribution in [0.5, 0.6) is 5.75 Å². The van der Waals surface area contributed by atoms with Crippen molar-refractivity contribution in [2.45, 2.75) is 27.3 Å². The van der Waals surface area contributed by atoms with Crippen LogP contribution in [0.2, 0.25) is 0 Å². The van der Waals surface area contributed by atoms with E-state index >= 15 is 0 Å². The zero-order valence-electron chi connectivity index (χ0n) is 16.6. The minimum absolute atomic E-state index is 0.110. The second-order valence-corrected chi connectivity index (χ2v) is 8.91. The highest BCUT2D eigenvalue weighted by atomic mass is 32.1. The molecule has 0 amide bonds. The van der Waals surface area contributed by atoms with Crippen molar-refractivity contribution >= 4 is 23.0 Å². The standard InChI is InChI=1S/C23H27N3OS/c1-23(2,3)16-25-22(24-15-19-10-7-13-28-19)26-20-14-18(11-12-21(20)27)17-8-5-4-6-9-17/h4-14,27H,15-16H2,1-3H3,(H2,24,25,26). The quantitative estimate of drug-likeness (QED) is 0.295. The second-order valence-electron chi connectivity index (χ2n) is 7.88. The minimum Gasteiger partial charge on any atom is -0.506 e. The van der Waals surface area contributed by atoms with E-state index in [0.29, 0.717) is 18.2 Å². The van der Waals surface area contributed by atoms with Crippen molar-refractivity contribution in [3.63, 3.8) is 0 Å². The molecule has 3 aromatic rings. The van der Waals surface area contributed by atoms with Gasteiger partial charge in [0.15, 0.2) is 5.96 Å². The maximum atomic E-state index is 10.4. The molecule has 0 fully saturated rings. The van der Waals surface area contributed by atoms with E-state index in [4.69, 9.17) is 4.99 Å². The molecule has 1 aromatic heterocycles. The van der Waals surface area contributed by atoms with Crippen molar-refractivity contribution in [1.29, 1.82) is 0 Å². The summed E-state index contributed by atoms with van der Waals surface area (Å²) in [6.07, 6.45) is 0. The van der Waals surface area contributed by atoms with Gasteiger partial charge in [-0.2, -0.15) is 0 Å². The van der Waals surface area contributed by atoms with Crippen molar-refractivity contribution in [3.8, 4) is 16.9 Å². The third-order valence-corrected chi connectivity index (χ3v) is 4.98. The van der Waals surface area contributed by atoms with Crippen molar-refractivity contribution in [2.75, 3.05) is 11.9 Å². The van der Waals surface area contributed by atoms with Crippen molar-refractivity contribution in [3.05, 3.63) is 70.9 Å². The summed E-state index contributed by atoms with van der Waals surface area (Å²) in [7, 11) is 0. The summed E-state index contributed by atoms with van der Waals surface area (Å²) >= 11 is 1.69. The average Bonchev–Trinajstić information content (AvgIpc) is 3.19. The van der Waals surface area contributed by atoms with Crippen LogP contribution >= 0.6 is 11.3 Å². The van der Waals surface area contributed by atoms with Gasteiger partial charge in [0.2, 0.25) is 0 Å². The average molecular weight is 394 g/mol. The first-order valence-corrected chi connectivity index (χ1v) is 10.2. The zero-order valence-corrected chi connectivity index (χ0v) is 17.4. The molecule has 0 radical (unpaired) electrons. The monoisotopic (exact) mass is 393 g/mol. The molecule has 0 spiro atoms. The maximum absolute atomic E-state index is 10.4. The molecular formula is C23H27N3OS. The van der Waals surface area contributed by atoms with Gasteiger partial charge in [-0.1, -0.05) is 63.2 Å². The lowest BCUT2D eigenvalue weighted by atomic mass is 9.97. The molecule has 146 valence electrons. The highest BCUT2D eigenvalue weighted by molar-refractivity contribution is 7.09. The van der Waals surface area contributed by atoms with Gasteiger partial charge in [0.25, 0.3) is 0 Å². The number of rotatable bonds is 5. The Morgan fingerprint density at radius 3 is 2.46 bits per heavy atom. The summed E-state index contributed by atoms with van der Waals surface area (Å²) < 4.78 is 0. The van der Waals surface area contributed by atoms with E-state index in [-0.39, 0.29) is 11.2 Å². The van der Waals surface area contributed by atoms with E-state index in [2.05, 4.69) is 55.0 Å². The molecule has 5 heteroatoms. The number of nitrogens with one attached hydrogen (secondary N) is 2. The Hall–Kier alpha value is -2.79. The van der Waals surface area contributed by atoms with Crippen LogP contribution in [-0.4, -0.2) is 17.6 Å². The fourth-order valence-corrected chi connectivity index (χ4v) is 3.25. The Morgan fingerprint density at radius 1 is 1.00 bits per heavy atom. The number of hydrogen-bond donors (Lipinski definition) is 3. The van der Waals surface area contributed by atoms with Crippen molar-refractivity contribution in [2.24, 2.45) is 10.4 Å². The summed E-state index contributed by atoms with van der Waals surface area (Å²) in [6, 6.07) is 19.8. The molecular weight excluding hydrogens is 366 g/mol. The van der Waals surface area contributed by atoms with Crippen LogP contribution < -0.4 is 10.6 Å². The Balaban J connectivity index is 1.83. The number of nitrogens with zero attached hydrogens (tertiary/aromatic N) is 1. The van der Waals surface area contributed by atoms with E-state index in [9.17, 15) is 5.11 Å². The van der Waals surface area contributed by atoms with Gasteiger partial charge in [0.1, 0.15) is 5.75 Å². The molecule has 4 nitrogen and oxygen atoms in total. The smallest absolute Gasteiger partial charge is 0.196 e. The summed E-state index contributed by atoms with van der Waals surface area (Å²) in [5.41, 5.74) is 2.88. The van der Waals surface area contributed by atoms with Crippen molar-refractivity contribution < 1.29 is 5.11 Å². The Bertz CT molecular complexity index is 913. The molecule has 0 bridgehead atoms. The lowest BCUT2D eigenvalue weighted by Crippen LogP contribution is -2.37. The molecule has 0 aliphatic carbocycles. The van der Waals surface area contributed by atoms with Crippen LogP contribution in [0, 0.1) is 5.41 Å². The molecule has 3 N–H and O–H groups in total. The molecule has 0 saturated carbocycles. The SMILES string of the molecule is CC(C)(C)CNC(=NCc1cccs1)Nc1cc(-c2ccccc2)ccc1O. The highest BCUT2D eigenvalue weighted by Gasteiger charge is 2.13. The molecule has 28 heavy (non-hydrogen) atoms. The highest BCUT2D eigenvalue weighted by Crippen LogP contribution is 2.29. The normalized spacial score (nSPS) is 12.0. The van der Waals surface area contributed by atoms with E-state index < -0.39 is 0 Å². The van der Waals surface area contributed by atoms with Gasteiger partial charge in [-0.25, -0.2) is 4.99 Å². The Kier molecular flexibility index (Phi) is 6.37. The van der Waals surface area contributed by atoms with Crippen molar-refractivity contribution in [1.82, 2.24) is 5.32 Å². The Labute approximate surface area is 171 Å². The second kappa shape index (κ2) is 8.93. The number of thiophene rings is 1. The van der Waals surface area contributed by atoms with Gasteiger partial charge in [0.05, 0.1) is 12.2 Å². The molecule has 2 aromatic carbocycles. The largest absolute Gasteiger partial charge is 0.506 e. The molecule has 1 heterocycles. The summed E-state index contributed by atoms with van der Waals surface area (Å²) in [4.78, 5) is 5.90. The minimum atomic E-state index is 0.110. The first-order chi connectivity index (χ1) is 13.4. The number of benzene rings is 2. The van der Waals surface area contributed by atoms with E-state index in [1.807, 2.05) is 36.4 Å². The predicted octanol–water partition coefficient (Wildman–Crippen LogP) is 5.72. The van der Waals surface area contributed by atoms with Crippen LogP contribution in [-0.2, 0) is 6.54 Å². The number of guanidine groups is 1. The van der Waals surface area contributed by atoms with Crippen LogP contribution in [0.4, 0.5) is 5.69 Å². The van der Waals surface area contributed by atoms with Gasteiger partial charge < -0.3 is 15.7 Å². The van der Waals surface area contributed by atoms with E-state index in [1.54, 1.807) is 17.4 Å². The van der Waals surface area contributed by atoms with Gasteiger partial charge >= 0.3 is 0 Å². The number of aliphatic imine (C=N–C) groups is 1. The Morgan fingerprint density at radius 2 is 1.79 bits per heavy atom.